The van der Waals surface area contributed by atoms with Gasteiger partial charge in [0.25, 0.3) is 0 Å². The fraction of sp³-hybridized carbons (Fsp3) is 0.600. The Balaban J connectivity index is 0.00000242. The second kappa shape index (κ2) is 9.44. The standard InChI is InChI=1S/C15H24N4OS.HI/c1-15(2)12-19(8-10-21-15)14(16-3)18-7-9-20-13-5-4-6-17-11-13;/h4-6,11H,7-10,12H2,1-3H3,(H,16,18);1H. The van der Waals surface area contributed by atoms with E-state index in [1.807, 2.05) is 30.9 Å². The van der Waals surface area contributed by atoms with Crippen molar-refractivity contribution in [3.8, 4) is 5.75 Å². The minimum atomic E-state index is 0. The van der Waals surface area contributed by atoms with E-state index in [1.54, 1.807) is 12.4 Å². The van der Waals surface area contributed by atoms with Crippen LogP contribution >= 0.6 is 35.7 Å². The summed E-state index contributed by atoms with van der Waals surface area (Å²) in [5.41, 5.74) is 0. The van der Waals surface area contributed by atoms with Crippen LogP contribution in [0.1, 0.15) is 13.8 Å². The number of aromatic nitrogens is 1. The summed E-state index contributed by atoms with van der Waals surface area (Å²) < 4.78 is 5.91. The van der Waals surface area contributed by atoms with Crippen molar-refractivity contribution < 1.29 is 4.74 Å². The first-order chi connectivity index (χ1) is 10.1. The molecule has 5 nitrogen and oxygen atoms in total. The third kappa shape index (κ3) is 6.20. The van der Waals surface area contributed by atoms with Crippen molar-refractivity contribution in [3.63, 3.8) is 0 Å². The highest BCUT2D eigenvalue weighted by molar-refractivity contribution is 14.0. The number of guanidine groups is 1. The van der Waals surface area contributed by atoms with E-state index in [0.29, 0.717) is 6.61 Å². The minimum absolute atomic E-state index is 0. The molecular formula is C15H25IN4OS. The molecule has 1 aromatic rings. The molecule has 1 aliphatic rings. The van der Waals surface area contributed by atoms with Gasteiger partial charge in [-0.3, -0.25) is 9.98 Å². The summed E-state index contributed by atoms with van der Waals surface area (Å²) in [5, 5.41) is 3.37. The van der Waals surface area contributed by atoms with Crippen LogP contribution < -0.4 is 10.1 Å². The number of ether oxygens (including phenoxy) is 1. The number of pyridine rings is 1. The Kier molecular flexibility index (Phi) is 8.30. The monoisotopic (exact) mass is 436 g/mol. The molecule has 2 rings (SSSR count). The van der Waals surface area contributed by atoms with E-state index >= 15 is 0 Å². The predicted octanol–water partition coefficient (Wildman–Crippen LogP) is 2.48. The molecule has 124 valence electrons. The van der Waals surface area contributed by atoms with Crippen LogP contribution in [0.4, 0.5) is 0 Å². The highest BCUT2D eigenvalue weighted by Crippen LogP contribution is 2.29. The molecule has 1 saturated heterocycles. The molecular weight excluding hydrogens is 411 g/mol. The normalized spacial score (nSPS) is 17.6. The highest BCUT2D eigenvalue weighted by Gasteiger charge is 2.28. The lowest BCUT2D eigenvalue weighted by Crippen LogP contribution is -2.51. The molecule has 0 saturated carbocycles. The number of rotatable bonds is 4. The van der Waals surface area contributed by atoms with Crippen LogP contribution in [0.15, 0.2) is 29.5 Å². The molecule has 0 bridgehead atoms. The quantitative estimate of drug-likeness (QED) is 0.340. The second-order valence-corrected chi connectivity index (χ2v) is 7.34. The van der Waals surface area contributed by atoms with Crippen LogP contribution in [0, 0.1) is 0 Å². The Morgan fingerprint density at radius 3 is 3.00 bits per heavy atom. The van der Waals surface area contributed by atoms with E-state index in [4.69, 9.17) is 4.74 Å². The third-order valence-electron chi connectivity index (χ3n) is 3.23. The zero-order valence-electron chi connectivity index (χ0n) is 13.4. The summed E-state index contributed by atoms with van der Waals surface area (Å²) in [5.74, 6) is 2.89. The molecule has 7 heteroatoms. The molecule has 0 aromatic carbocycles. The van der Waals surface area contributed by atoms with Crippen molar-refractivity contribution in [2.24, 2.45) is 4.99 Å². The number of nitrogens with one attached hydrogen (secondary N) is 1. The van der Waals surface area contributed by atoms with E-state index in [1.165, 1.54) is 0 Å². The first kappa shape index (κ1) is 19.3. The van der Waals surface area contributed by atoms with E-state index < -0.39 is 0 Å². The Bertz CT molecular complexity index is 470. The number of nitrogens with zero attached hydrogens (tertiary/aromatic N) is 3. The SMILES string of the molecule is CN=C(NCCOc1cccnc1)N1CCSC(C)(C)C1.I. The largest absolute Gasteiger partial charge is 0.490 e. The fourth-order valence-electron chi connectivity index (χ4n) is 2.29. The summed E-state index contributed by atoms with van der Waals surface area (Å²) in [7, 11) is 1.83. The van der Waals surface area contributed by atoms with E-state index in [2.05, 4.69) is 34.0 Å². The van der Waals surface area contributed by atoms with Gasteiger partial charge in [0.2, 0.25) is 0 Å². The molecule has 0 spiro atoms. The van der Waals surface area contributed by atoms with E-state index in [0.717, 1.165) is 37.1 Å². The first-order valence-corrected chi connectivity index (χ1v) is 8.22. The Labute approximate surface area is 154 Å². The third-order valence-corrected chi connectivity index (χ3v) is 4.52. The van der Waals surface area contributed by atoms with Gasteiger partial charge in [0.05, 0.1) is 12.7 Å². The second-order valence-electron chi connectivity index (χ2n) is 5.54. The van der Waals surface area contributed by atoms with Gasteiger partial charge >= 0.3 is 0 Å². The lowest BCUT2D eigenvalue weighted by Gasteiger charge is -2.39. The molecule has 1 fully saturated rings. The number of hydrogen-bond acceptors (Lipinski definition) is 4. The van der Waals surface area contributed by atoms with Gasteiger partial charge in [0.1, 0.15) is 12.4 Å². The van der Waals surface area contributed by atoms with Gasteiger partial charge in [-0.25, -0.2) is 0 Å². The Morgan fingerprint density at radius 1 is 1.55 bits per heavy atom. The number of aliphatic imine (C=N–C) groups is 1. The average molecular weight is 436 g/mol. The van der Waals surface area contributed by atoms with Crippen LogP contribution in [-0.2, 0) is 0 Å². The Morgan fingerprint density at radius 2 is 2.36 bits per heavy atom. The molecule has 0 unspecified atom stereocenters. The number of thioether (sulfide) groups is 1. The zero-order valence-corrected chi connectivity index (χ0v) is 16.6. The topological polar surface area (TPSA) is 49.8 Å². The Hall–Kier alpha value is -0.700. The summed E-state index contributed by atoms with van der Waals surface area (Å²) >= 11 is 2.02. The molecule has 22 heavy (non-hydrogen) atoms. The fourth-order valence-corrected chi connectivity index (χ4v) is 3.41. The highest BCUT2D eigenvalue weighted by atomic mass is 127. The summed E-state index contributed by atoms with van der Waals surface area (Å²) in [6.07, 6.45) is 3.46. The molecule has 0 atom stereocenters. The van der Waals surface area contributed by atoms with Crippen molar-refractivity contribution in [2.75, 3.05) is 39.0 Å². The van der Waals surface area contributed by atoms with E-state index in [-0.39, 0.29) is 28.7 Å². The maximum Gasteiger partial charge on any atom is 0.193 e. The molecule has 0 amide bonds. The smallest absolute Gasteiger partial charge is 0.193 e. The minimum Gasteiger partial charge on any atom is -0.490 e. The molecule has 0 radical (unpaired) electrons. The lowest BCUT2D eigenvalue weighted by atomic mass is 10.2. The number of hydrogen-bond donors (Lipinski definition) is 1. The van der Waals surface area contributed by atoms with Crippen LogP contribution in [0.5, 0.6) is 5.75 Å². The summed E-state index contributed by atoms with van der Waals surface area (Å²) in [4.78, 5) is 10.7. The van der Waals surface area contributed by atoms with E-state index in [9.17, 15) is 0 Å². The van der Waals surface area contributed by atoms with Crippen molar-refractivity contribution >= 4 is 41.7 Å². The van der Waals surface area contributed by atoms with Gasteiger partial charge in [-0.15, -0.1) is 24.0 Å². The molecule has 1 aliphatic heterocycles. The van der Waals surface area contributed by atoms with Gasteiger partial charge in [-0.2, -0.15) is 11.8 Å². The van der Waals surface area contributed by atoms with Gasteiger partial charge < -0.3 is 15.0 Å². The first-order valence-electron chi connectivity index (χ1n) is 7.23. The lowest BCUT2D eigenvalue weighted by molar-refractivity contribution is 0.314. The molecule has 0 aliphatic carbocycles. The maximum atomic E-state index is 5.63. The molecule has 1 aromatic heterocycles. The van der Waals surface area contributed by atoms with Crippen molar-refractivity contribution in [2.45, 2.75) is 18.6 Å². The van der Waals surface area contributed by atoms with Crippen LogP contribution in [0.25, 0.3) is 0 Å². The van der Waals surface area contributed by atoms with Gasteiger partial charge in [0.15, 0.2) is 5.96 Å². The maximum absolute atomic E-state index is 5.63. The summed E-state index contributed by atoms with van der Waals surface area (Å²) in [6, 6.07) is 3.78. The molecule has 2 heterocycles. The predicted molar refractivity (Wildman–Crippen MR) is 105 cm³/mol. The zero-order chi connectivity index (χ0) is 15.1. The van der Waals surface area contributed by atoms with Crippen LogP contribution in [0.3, 0.4) is 0 Å². The summed E-state index contributed by atoms with van der Waals surface area (Å²) in [6.45, 7) is 7.94. The number of halogens is 1. The van der Waals surface area contributed by atoms with Gasteiger partial charge in [-0.05, 0) is 26.0 Å². The van der Waals surface area contributed by atoms with Gasteiger partial charge in [-0.1, -0.05) is 0 Å². The van der Waals surface area contributed by atoms with Gasteiger partial charge in [0, 0.05) is 36.8 Å². The molecule has 1 N–H and O–H groups in total. The van der Waals surface area contributed by atoms with Crippen LogP contribution in [-0.4, -0.2) is 59.6 Å². The van der Waals surface area contributed by atoms with Crippen LogP contribution in [0.2, 0.25) is 0 Å². The van der Waals surface area contributed by atoms with Crippen molar-refractivity contribution in [1.82, 2.24) is 15.2 Å². The van der Waals surface area contributed by atoms with Crippen molar-refractivity contribution in [3.05, 3.63) is 24.5 Å². The van der Waals surface area contributed by atoms with Crippen molar-refractivity contribution in [1.29, 1.82) is 0 Å². The average Bonchev–Trinajstić information content (AvgIpc) is 2.47.